The average molecular weight is 419 g/mol. The van der Waals surface area contributed by atoms with Gasteiger partial charge >= 0.3 is 0 Å². The second kappa shape index (κ2) is 10.1. The van der Waals surface area contributed by atoms with Crippen molar-refractivity contribution in [2.24, 2.45) is 11.8 Å². The number of hydrogen-bond acceptors (Lipinski definition) is 3. The van der Waals surface area contributed by atoms with Crippen LogP contribution in [0.1, 0.15) is 63.4 Å². The van der Waals surface area contributed by atoms with E-state index in [9.17, 15) is 5.11 Å². The number of aliphatic hydroxyl groups is 1. The van der Waals surface area contributed by atoms with Gasteiger partial charge in [-0.05, 0) is 76.3 Å². The maximum atomic E-state index is 12.3. The summed E-state index contributed by atoms with van der Waals surface area (Å²) in [5, 5.41) is 13.1. The number of likely N-dealkylation sites (tertiary alicyclic amines) is 2. The molecule has 1 aromatic carbocycles. The SMILES string of the molecule is OC1(Cc2ccccc2Cl)C(CN2CCCCC2)CCCC1CN1CCCCC1. The van der Waals surface area contributed by atoms with Crippen LogP contribution in [0.4, 0.5) is 0 Å². The van der Waals surface area contributed by atoms with Crippen LogP contribution in [0.3, 0.4) is 0 Å². The van der Waals surface area contributed by atoms with Gasteiger partial charge in [-0.25, -0.2) is 0 Å². The normalized spacial score (nSPS) is 32.3. The van der Waals surface area contributed by atoms with E-state index in [0.29, 0.717) is 18.3 Å². The highest BCUT2D eigenvalue weighted by molar-refractivity contribution is 6.31. The summed E-state index contributed by atoms with van der Waals surface area (Å²) in [6, 6.07) is 8.15. The summed E-state index contributed by atoms with van der Waals surface area (Å²) in [4.78, 5) is 5.24. The molecule has 2 unspecified atom stereocenters. The number of nitrogens with zero attached hydrogens (tertiary/aromatic N) is 2. The van der Waals surface area contributed by atoms with Crippen LogP contribution in [-0.4, -0.2) is 59.8 Å². The van der Waals surface area contributed by atoms with Gasteiger partial charge in [0.1, 0.15) is 0 Å². The molecule has 2 heterocycles. The lowest BCUT2D eigenvalue weighted by Gasteiger charge is -2.49. The summed E-state index contributed by atoms with van der Waals surface area (Å²) >= 11 is 6.55. The third-order valence-corrected chi connectivity index (χ3v) is 8.17. The zero-order valence-corrected chi connectivity index (χ0v) is 18.8. The molecule has 2 atom stereocenters. The number of hydrogen-bond donors (Lipinski definition) is 1. The Balaban J connectivity index is 1.55. The van der Waals surface area contributed by atoms with Crippen LogP contribution < -0.4 is 0 Å². The molecule has 3 aliphatic rings. The molecule has 0 aromatic heterocycles. The molecule has 1 saturated carbocycles. The molecule has 0 bridgehead atoms. The molecule has 1 aromatic rings. The first-order valence-corrected chi connectivity index (χ1v) is 12.4. The van der Waals surface area contributed by atoms with E-state index in [4.69, 9.17) is 11.6 Å². The molecule has 2 saturated heterocycles. The van der Waals surface area contributed by atoms with Gasteiger partial charge in [0.05, 0.1) is 5.60 Å². The maximum Gasteiger partial charge on any atom is 0.0768 e. The minimum absolute atomic E-state index is 0.348. The summed E-state index contributed by atoms with van der Waals surface area (Å²) < 4.78 is 0. The molecule has 1 aliphatic carbocycles. The second-order valence-corrected chi connectivity index (χ2v) is 10.2. The standard InChI is InChI=1S/C25H39ClN2O/c26-24-13-4-3-10-21(24)18-25(29)22(19-27-14-5-1-6-15-27)11-9-12-23(25)20-28-16-7-2-8-17-28/h3-4,10,13,22-23,29H,1-2,5-9,11-12,14-20H2. The van der Waals surface area contributed by atoms with E-state index >= 15 is 0 Å². The maximum absolute atomic E-state index is 12.3. The average Bonchev–Trinajstić information content (AvgIpc) is 2.74. The molecular formula is C25H39ClN2O. The lowest BCUT2D eigenvalue weighted by molar-refractivity contribution is -0.112. The van der Waals surface area contributed by atoms with Gasteiger partial charge in [-0.2, -0.15) is 0 Å². The molecular weight excluding hydrogens is 380 g/mol. The van der Waals surface area contributed by atoms with Crippen LogP contribution in [0.15, 0.2) is 24.3 Å². The van der Waals surface area contributed by atoms with Crippen molar-refractivity contribution in [2.75, 3.05) is 39.3 Å². The van der Waals surface area contributed by atoms with E-state index in [2.05, 4.69) is 21.9 Å². The molecule has 162 valence electrons. The Morgan fingerprint density at radius 2 is 1.31 bits per heavy atom. The third-order valence-electron chi connectivity index (χ3n) is 7.81. The molecule has 3 nitrogen and oxygen atoms in total. The summed E-state index contributed by atoms with van der Waals surface area (Å²) in [6.45, 7) is 6.92. The van der Waals surface area contributed by atoms with Gasteiger partial charge in [0.2, 0.25) is 0 Å². The van der Waals surface area contributed by atoms with E-state index in [1.54, 1.807) is 0 Å². The fourth-order valence-corrected chi connectivity index (χ4v) is 6.29. The van der Waals surface area contributed by atoms with Crippen molar-refractivity contribution in [1.29, 1.82) is 0 Å². The summed E-state index contributed by atoms with van der Waals surface area (Å²) in [5.41, 5.74) is 0.462. The number of piperidine rings is 2. The topological polar surface area (TPSA) is 26.7 Å². The van der Waals surface area contributed by atoms with Gasteiger partial charge in [0, 0.05) is 36.4 Å². The van der Waals surface area contributed by atoms with Gasteiger partial charge in [-0.1, -0.05) is 49.1 Å². The van der Waals surface area contributed by atoms with E-state index in [1.807, 2.05) is 12.1 Å². The summed E-state index contributed by atoms with van der Waals surface area (Å²) in [7, 11) is 0. The van der Waals surface area contributed by atoms with E-state index < -0.39 is 5.60 Å². The first kappa shape index (κ1) is 21.6. The second-order valence-electron chi connectivity index (χ2n) is 9.81. The van der Waals surface area contributed by atoms with Crippen molar-refractivity contribution >= 4 is 11.6 Å². The molecule has 29 heavy (non-hydrogen) atoms. The van der Waals surface area contributed by atoms with Gasteiger partial charge in [-0.15, -0.1) is 0 Å². The van der Waals surface area contributed by atoms with Crippen LogP contribution in [0.2, 0.25) is 5.02 Å². The number of benzene rings is 1. The monoisotopic (exact) mass is 418 g/mol. The fourth-order valence-electron chi connectivity index (χ4n) is 6.09. The lowest BCUT2D eigenvalue weighted by Crippen LogP contribution is -2.56. The smallest absolute Gasteiger partial charge is 0.0768 e. The van der Waals surface area contributed by atoms with Crippen molar-refractivity contribution in [3.05, 3.63) is 34.9 Å². The lowest BCUT2D eigenvalue weighted by atomic mass is 9.65. The van der Waals surface area contributed by atoms with Crippen LogP contribution in [-0.2, 0) is 6.42 Å². The number of rotatable bonds is 6. The zero-order chi connectivity index (χ0) is 20.1. The molecule has 0 radical (unpaired) electrons. The van der Waals surface area contributed by atoms with Crippen molar-refractivity contribution < 1.29 is 5.11 Å². The van der Waals surface area contributed by atoms with Gasteiger partial charge in [0.15, 0.2) is 0 Å². The minimum Gasteiger partial charge on any atom is -0.389 e. The summed E-state index contributed by atoms with van der Waals surface area (Å²) in [6.07, 6.45) is 12.2. The highest BCUT2D eigenvalue weighted by atomic mass is 35.5. The minimum atomic E-state index is -0.655. The van der Waals surface area contributed by atoms with Crippen molar-refractivity contribution in [3.8, 4) is 0 Å². The predicted molar refractivity (Wildman–Crippen MR) is 122 cm³/mol. The molecule has 1 N–H and O–H groups in total. The summed E-state index contributed by atoms with van der Waals surface area (Å²) in [5.74, 6) is 0.695. The molecule has 4 heteroatoms. The molecule has 3 fully saturated rings. The molecule has 2 aliphatic heterocycles. The zero-order valence-electron chi connectivity index (χ0n) is 18.0. The largest absolute Gasteiger partial charge is 0.389 e. The van der Waals surface area contributed by atoms with Crippen LogP contribution in [0.5, 0.6) is 0 Å². The van der Waals surface area contributed by atoms with Gasteiger partial charge in [-0.3, -0.25) is 0 Å². The number of halogens is 1. The van der Waals surface area contributed by atoms with Crippen LogP contribution in [0, 0.1) is 11.8 Å². The van der Waals surface area contributed by atoms with Crippen LogP contribution >= 0.6 is 11.6 Å². The van der Waals surface area contributed by atoms with Crippen molar-refractivity contribution in [2.45, 2.75) is 69.8 Å². The Morgan fingerprint density at radius 3 is 1.83 bits per heavy atom. The first-order chi connectivity index (χ1) is 14.1. The highest BCUT2D eigenvalue weighted by Gasteiger charge is 2.47. The van der Waals surface area contributed by atoms with Crippen molar-refractivity contribution in [3.63, 3.8) is 0 Å². The van der Waals surface area contributed by atoms with E-state index in [1.165, 1.54) is 71.1 Å². The quantitative estimate of drug-likeness (QED) is 0.703. The van der Waals surface area contributed by atoms with Gasteiger partial charge < -0.3 is 14.9 Å². The van der Waals surface area contributed by atoms with Crippen LogP contribution in [0.25, 0.3) is 0 Å². The Morgan fingerprint density at radius 1 is 0.793 bits per heavy atom. The third kappa shape index (κ3) is 5.36. The van der Waals surface area contributed by atoms with E-state index in [0.717, 1.165) is 36.5 Å². The first-order valence-electron chi connectivity index (χ1n) is 12.1. The Kier molecular flexibility index (Phi) is 7.55. The predicted octanol–water partition coefficient (Wildman–Crippen LogP) is 5.00. The van der Waals surface area contributed by atoms with Gasteiger partial charge in [0.25, 0.3) is 0 Å². The molecule has 0 spiro atoms. The van der Waals surface area contributed by atoms with Crippen molar-refractivity contribution in [1.82, 2.24) is 9.80 Å². The Bertz CT molecular complexity index is 611. The highest BCUT2D eigenvalue weighted by Crippen LogP contribution is 2.43. The fraction of sp³-hybridized carbons (Fsp3) is 0.760. The Hall–Kier alpha value is -0.610. The Labute approximate surface area is 182 Å². The molecule has 0 amide bonds. The molecule has 4 rings (SSSR count). The van der Waals surface area contributed by atoms with E-state index in [-0.39, 0.29) is 0 Å².